The Morgan fingerprint density at radius 3 is 2.48 bits per heavy atom. The molecule has 0 fully saturated rings. The summed E-state index contributed by atoms with van der Waals surface area (Å²) in [7, 11) is 0. The van der Waals surface area contributed by atoms with Crippen LogP contribution in [0.3, 0.4) is 0 Å². The normalized spacial score (nSPS) is 15.7. The van der Waals surface area contributed by atoms with Gasteiger partial charge < -0.3 is 25.2 Å². The van der Waals surface area contributed by atoms with Gasteiger partial charge in [0.25, 0.3) is 5.91 Å². The molecule has 2 aliphatic rings. The largest absolute Gasteiger partial charge is 0.481 e. The number of esters is 1. The second-order valence-electron chi connectivity index (χ2n) is 8.88. The molecule has 14 nitrogen and oxygen atoms in total. The molecule has 1 aromatic carbocycles. The van der Waals surface area contributed by atoms with Crippen LogP contribution in [0, 0.1) is 12.8 Å². The molecule has 2 aliphatic heterocycles. The van der Waals surface area contributed by atoms with Crippen molar-refractivity contribution in [1.29, 1.82) is 0 Å². The number of hydrogen-bond donors (Lipinski definition) is 3. The van der Waals surface area contributed by atoms with Crippen LogP contribution in [0.2, 0.25) is 0 Å². The number of carbonyl (C=O) groups excluding carboxylic acids is 4. The predicted molar refractivity (Wildman–Crippen MR) is 143 cm³/mol. The molecule has 3 N–H and O–H groups in total. The maximum absolute atomic E-state index is 13.5. The van der Waals surface area contributed by atoms with Crippen molar-refractivity contribution in [2.45, 2.75) is 40.5 Å². The zero-order valence-corrected chi connectivity index (χ0v) is 22.7. The lowest BCUT2D eigenvalue weighted by Crippen LogP contribution is -2.43. The van der Waals surface area contributed by atoms with Gasteiger partial charge in [0.1, 0.15) is 12.0 Å². The smallest absolute Gasteiger partial charge is 0.423 e. The highest BCUT2D eigenvalue weighted by Crippen LogP contribution is 2.34. The molecule has 3 rings (SSSR count). The van der Waals surface area contributed by atoms with E-state index in [1.54, 1.807) is 37.9 Å². The number of nitrogens with zero attached hydrogens (tertiary/aromatic N) is 4. The van der Waals surface area contributed by atoms with E-state index in [-0.39, 0.29) is 35.4 Å². The average molecular weight is 557 g/mol. The van der Waals surface area contributed by atoms with Crippen molar-refractivity contribution in [1.82, 2.24) is 15.6 Å². The van der Waals surface area contributed by atoms with Gasteiger partial charge in [-0.05, 0) is 51.0 Å². The standard InChI is InChI=1S/C26H32N6O8/c1-5-27-24(36)17-8-7-15(3)19(11-17)32(26(38)40-14-39-21(35)10-9-20(33)34)23-22-16(4)18(25(37)28-6-2)12-31(22)30-13-29-23/h7-8,11,13,18H,5-6,9-10,12,14H2,1-4H3,(H,27,36)(H,28,37)(H,33,34). The Kier molecular flexibility index (Phi) is 9.95. The number of aliphatic carboxylic acids is 1. The number of anilines is 1. The Hall–Kier alpha value is -4.75. The number of aryl methyl sites for hydroxylation is 1. The van der Waals surface area contributed by atoms with Gasteiger partial charge in [-0.2, -0.15) is 5.10 Å². The molecule has 1 atom stereocenters. The molecule has 0 bridgehead atoms. The summed E-state index contributed by atoms with van der Waals surface area (Å²) in [5, 5.41) is 20.1. The van der Waals surface area contributed by atoms with Crippen molar-refractivity contribution in [3.8, 4) is 0 Å². The number of aliphatic imine (C=N–C) groups is 1. The van der Waals surface area contributed by atoms with E-state index in [1.165, 1.54) is 12.4 Å². The molecular formula is C26H32N6O8. The van der Waals surface area contributed by atoms with Crippen molar-refractivity contribution in [2.24, 2.45) is 16.0 Å². The molecule has 0 aliphatic carbocycles. The first-order valence-electron chi connectivity index (χ1n) is 12.7. The number of carboxylic acids is 1. The maximum Gasteiger partial charge on any atom is 0.423 e. The minimum Gasteiger partial charge on any atom is -0.481 e. The van der Waals surface area contributed by atoms with Gasteiger partial charge in [0.2, 0.25) is 12.7 Å². The number of nitrogens with one attached hydrogen (secondary N) is 2. The zero-order chi connectivity index (χ0) is 29.4. The van der Waals surface area contributed by atoms with Gasteiger partial charge in [0, 0.05) is 18.7 Å². The molecule has 14 heteroatoms. The van der Waals surface area contributed by atoms with Crippen LogP contribution < -0.4 is 15.5 Å². The molecule has 0 aromatic heterocycles. The summed E-state index contributed by atoms with van der Waals surface area (Å²) in [4.78, 5) is 66.8. The minimum absolute atomic E-state index is 0.0950. The Morgan fingerprint density at radius 1 is 1.07 bits per heavy atom. The fraction of sp³-hybridized carbons (Fsp3) is 0.423. The fourth-order valence-corrected chi connectivity index (χ4v) is 4.16. The number of amidine groups is 1. The number of benzene rings is 1. The minimum atomic E-state index is -1.17. The lowest BCUT2D eigenvalue weighted by atomic mass is 10.0. The van der Waals surface area contributed by atoms with Crippen LogP contribution in [0.1, 0.15) is 49.5 Å². The van der Waals surface area contributed by atoms with E-state index in [0.29, 0.717) is 29.9 Å². The van der Waals surface area contributed by atoms with E-state index in [1.807, 2.05) is 6.92 Å². The second-order valence-corrected chi connectivity index (χ2v) is 8.88. The van der Waals surface area contributed by atoms with Gasteiger partial charge in [-0.25, -0.2) is 14.7 Å². The predicted octanol–water partition coefficient (Wildman–Crippen LogP) is 1.75. The molecule has 1 unspecified atom stereocenters. The van der Waals surface area contributed by atoms with Crippen LogP contribution in [0.15, 0.2) is 39.6 Å². The Balaban J connectivity index is 2.00. The number of rotatable bonds is 10. The number of carbonyl (C=O) groups is 5. The highest BCUT2D eigenvalue weighted by atomic mass is 16.7. The number of hydrazone groups is 1. The molecule has 2 heterocycles. The highest BCUT2D eigenvalue weighted by molar-refractivity contribution is 6.24. The molecule has 0 radical (unpaired) electrons. The zero-order valence-electron chi connectivity index (χ0n) is 22.7. The molecule has 3 amide bonds. The van der Waals surface area contributed by atoms with E-state index in [4.69, 9.17) is 14.6 Å². The van der Waals surface area contributed by atoms with Crippen LogP contribution in [0.4, 0.5) is 10.5 Å². The topological polar surface area (TPSA) is 179 Å². The van der Waals surface area contributed by atoms with Gasteiger partial charge in [-0.3, -0.25) is 24.2 Å². The first kappa shape index (κ1) is 29.8. The maximum atomic E-state index is 13.5. The summed E-state index contributed by atoms with van der Waals surface area (Å²) in [5.74, 6) is -3.04. The van der Waals surface area contributed by atoms with Crippen molar-refractivity contribution >= 4 is 47.7 Å². The lowest BCUT2D eigenvalue weighted by molar-refractivity contribution is -0.154. The Morgan fingerprint density at radius 2 is 1.80 bits per heavy atom. The van der Waals surface area contributed by atoms with Gasteiger partial charge in [-0.1, -0.05) is 6.07 Å². The summed E-state index contributed by atoms with van der Waals surface area (Å²) in [6.45, 7) is 7.34. The lowest BCUT2D eigenvalue weighted by Gasteiger charge is -2.30. The SMILES string of the molecule is CCNC(=O)c1ccc(C)c(N(C(=O)OCOC(=O)CCC(=O)O)C2=NC=NN3CC(C(=O)NCC)C(C)=C23)c1. The number of amides is 3. The van der Waals surface area contributed by atoms with E-state index < -0.39 is 43.6 Å². The first-order valence-corrected chi connectivity index (χ1v) is 12.7. The van der Waals surface area contributed by atoms with Gasteiger partial charge in [0.15, 0.2) is 5.84 Å². The molecule has 0 saturated heterocycles. The molecule has 40 heavy (non-hydrogen) atoms. The molecular weight excluding hydrogens is 524 g/mol. The van der Waals surface area contributed by atoms with Crippen molar-refractivity contribution in [3.05, 3.63) is 40.6 Å². The fourth-order valence-electron chi connectivity index (χ4n) is 4.16. The highest BCUT2D eigenvalue weighted by Gasteiger charge is 2.41. The Labute approximate surface area is 230 Å². The van der Waals surface area contributed by atoms with Gasteiger partial charge >= 0.3 is 18.0 Å². The second kappa shape index (κ2) is 13.4. The van der Waals surface area contributed by atoms with Crippen LogP contribution in [-0.2, 0) is 23.9 Å². The van der Waals surface area contributed by atoms with Gasteiger partial charge in [0.05, 0.1) is 31.0 Å². The van der Waals surface area contributed by atoms with Crippen molar-refractivity contribution in [3.63, 3.8) is 0 Å². The molecule has 1 aromatic rings. The molecule has 0 saturated carbocycles. The third-order valence-corrected chi connectivity index (χ3v) is 6.15. The van der Waals surface area contributed by atoms with E-state index in [0.717, 1.165) is 4.90 Å². The van der Waals surface area contributed by atoms with Gasteiger partial charge in [-0.15, -0.1) is 0 Å². The third-order valence-electron chi connectivity index (χ3n) is 6.15. The number of carboxylic acid groups (broad SMARTS) is 1. The summed E-state index contributed by atoms with van der Waals surface area (Å²) >= 11 is 0. The van der Waals surface area contributed by atoms with Crippen molar-refractivity contribution in [2.75, 3.05) is 31.3 Å². The van der Waals surface area contributed by atoms with Crippen molar-refractivity contribution < 1.29 is 38.6 Å². The number of fused-ring (bicyclic) bond motifs is 1. The van der Waals surface area contributed by atoms with Crippen LogP contribution >= 0.6 is 0 Å². The Bertz CT molecular complexity index is 1290. The van der Waals surface area contributed by atoms with Crippen LogP contribution in [0.5, 0.6) is 0 Å². The monoisotopic (exact) mass is 556 g/mol. The van der Waals surface area contributed by atoms with Crippen LogP contribution in [-0.4, -0.2) is 78.6 Å². The summed E-state index contributed by atoms with van der Waals surface area (Å²) in [6, 6.07) is 4.78. The van der Waals surface area contributed by atoms with E-state index >= 15 is 0 Å². The van der Waals surface area contributed by atoms with Crippen LogP contribution in [0.25, 0.3) is 0 Å². The molecule has 0 spiro atoms. The summed E-state index contributed by atoms with van der Waals surface area (Å²) in [6.07, 6.45) is -0.577. The summed E-state index contributed by atoms with van der Waals surface area (Å²) in [5.41, 5.74) is 2.17. The quantitative estimate of drug-likeness (QED) is 0.286. The summed E-state index contributed by atoms with van der Waals surface area (Å²) < 4.78 is 10.1. The van der Waals surface area contributed by atoms with E-state index in [9.17, 15) is 24.0 Å². The molecule has 214 valence electrons. The first-order chi connectivity index (χ1) is 19.1. The third kappa shape index (κ3) is 6.81. The number of ether oxygens (including phenoxy) is 2. The van der Waals surface area contributed by atoms with E-state index in [2.05, 4.69) is 20.7 Å². The number of hydrogen-bond acceptors (Lipinski definition) is 10. The average Bonchev–Trinajstić information content (AvgIpc) is 3.26.